The zero-order valence-electron chi connectivity index (χ0n) is 9.75. The Labute approximate surface area is 126 Å². The van der Waals surface area contributed by atoms with Gasteiger partial charge in [0.25, 0.3) is 0 Å². The maximum atomic E-state index is 3.54. The van der Waals surface area contributed by atoms with E-state index in [9.17, 15) is 0 Å². The average Bonchev–Trinajstić information content (AvgIpc) is 2.24. The van der Waals surface area contributed by atoms with Gasteiger partial charge >= 0.3 is 0 Å². The molecule has 0 saturated carbocycles. The molecule has 1 saturated heterocycles. The van der Waals surface area contributed by atoms with Crippen LogP contribution in [-0.2, 0) is 6.54 Å². The summed E-state index contributed by atoms with van der Waals surface area (Å²) in [5.41, 5.74) is 1.36. The van der Waals surface area contributed by atoms with E-state index < -0.39 is 0 Å². The van der Waals surface area contributed by atoms with Gasteiger partial charge in [-0.25, -0.2) is 0 Å². The van der Waals surface area contributed by atoms with Gasteiger partial charge in [-0.05, 0) is 56.5 Å². The normalized spacial score (nSPS) is 21.0. The number of hydrogen-bond donors (Lipinski definition) is 1. The Bertz CT molecular complexity index is 374. The molecular weight excluding hydrogens is 367 g/mol. The molecule has 0 amide bonds. The van der Waals surface area contributed by atoms with Gasteiger partial charge in [0.05, 0.1) is 0 Å². The summed E-state index contributed by atoms with van der Waals surface area (Å²) < 4.78 is 2.25. The van der Waals surface area contributed by atoms with Gasteiger partial charge in [0.2, 0.25) is 0 Å². The van der Waals surface area contributed by atoms with Crippen LogP contribution in [0.1, 0.15) is 12.5 Å². The molecule has 5 heteroatoms. The van der Waals surface area contributed by atoms with Gasteiger partial charge in [0.15, 0.2) is 0 Å². The highest BCUT2D eigenvalue weighted by Gasteiger charge is 2.15. The van der Waals surface area contributed by atoms with Crippen LogP contribution >= 0.6 is 44.3 Å². The van der Waals surface area contributed by atoms with E-state index in [-0.39, 0.29) is 12.4 Å². The van der Waals surface area contributed by atoms with Crippen molar-refractivity contribution in [1.82, 2.24) is 10.2 Å². The highest BCUT2D eigenvalue weighted by atomic mass is 79.9. The van der Waals surface area contributed by atoms with E-state index in [0.717, 1.165) is 35.1 Å². The molecule has 0 spiro atoms. The second-order valence-electron chi connectivity index (χ2n) is 4.34. The minimum absolute atomic E-state index is 0. The first kappa shape index (κ1) is 15.4. The molecule has 0 bridgehead atoms. The molecule has 1 aliphatic rings. The molecule has 17 heavy (non-hydrogen) atoms. The molecule has 0 radical (unpaired) electrons. The number of piperazine rings is 1. The number of nitrogens with zero attached hydrogens (tertiary/aromatic N) is 1. The molecule has 1 aromatic rings. The van der Waals surface area contributed by atoms with Crippen molar-refractivity contribution in [2.75, 3.05) is 19.6 Å². The van der Waals surface area contributed by atoms with Gasteiger partial charge < -0.3 is 5.32 Å². The van der Waals surface area contributed by atoms with Crippen LogP contribution in [0.3, 0.4) is 0 Å². The van der Waals surface area contributed by atoms with Crippen LogP contribution in [0, 0.1) is 0 Å². The average molecular weight is 385 g/mol. The van der Waals surface area contributed by atoms with E-state index in [0.29, 0.717) is 6.04 Å². The van der Waals surface area contributed by atoms with Gasteiger partial charge in [-0.2, -0.15) is 0 Å². The minimum atomic E-state index is 0. The summed E-state index contributed by atoms with van der Waals surface area (Å²) in [4.78, 5) is 2.50. The summed E-state index contributed by atoms with van der Waals surface area (Å²) in [6.45, 7) is 6.64. The lowest BCUT2D eigenvalue weighted by atomic mass is 10.1. The van der Waals surface area contributed by atoms with Crippen LogP contribution in [0.2, 0.25) is 0 Å². The Morgan fingerprint density at radius 3 is 2.76 bits per heavy atom. The van der Waals surface area contributed by atoms with E-state index in [2.05, 4.69) is 67.2 Å². The number of benzene rings is 1. The molecule has 96 valence electrons. The summed E-state index contributed by atoms with van der Waals surface area (Å²) in [7, 11) is 0. The van der Waals surface area contributed by atoms with Crippen LogP contribution in [0.5, 0.6) is 0 Å². The molecule has 1 N–H and O–H groups in total. The Kier molecular flexibility index (Phi) is 6.45. The van der Waals surface area contributed by atoms with Gasteiger partial charge in [-0.1, -0.05) is 6.07 Å². The smallest absolute Gasteiger partial charge is 0.0320 e. The first-order valence-electron chi connectivity index (χ1n) is 5.55. The van der Waals surface area contributed by atoms with E-state index in [4.69, 9.17) is 0 Å². The standard InChI is InChI=1S/C12H16Br2N2.ClH/c1-9-7-16(5-4-15-9)8-10-2-3-11(13)12(14)6-10;/h2-3,6,9,15H,4-5,7-8H2,1H3;1H/t9-;/m0./s1. The van der Waals surface area contributed by atoms with Crippen LogP contribution in [0.25, 0.3) is 0 Å². The molecule has 1 heterocycles. The highest BCUT2D eigenvalue weighted by Crippen LogP contribution is 2.24. The van der Waals surface area contributed by atoms with Crippen molar-refractivity contribution in [3.8, 4) is 0 Å². The predicted molar refractivity (Wildman–Crippen MR) is 81.8 cm³/mol. The summed E-state index contributed by atoms with van der Waals surface area (Å²) in [5.74, 6) is 0. The van der Waals surface area contributed by atoms with Crippen molar-refractivity contribution in [3.63, 3.8) is 0 Å². The maximum Gasteiger partial charge on any atom is 0.0320 e. The van der Waals surface area contributed by atoms with Crippen molar-refractivity contribution in [2.45, 2.75) is 19.5 Å². The second-order valence-corrected chi connectivity index (χ2v) is 6.05. The fourth-order valence-corrected chi connectivity index (χ4v) is 2.72. The Hall–Kier alpha value is 0.390. The van der Waals surface area contributed by atoms with Gasteiger partial charge in [0.1, 0.15) is 0 Å². The Morgan fingerprint density at radius 1 is 1.35 bits per heavy atom. The van der Waals surface area contributed by atoms with Crippen LogP contribution in [0.15, 0.2) is 27.1 Å². The molecule has 1 fully saturated rings. The zero-order chi connectivity index (χ0) is 11.5. The van der Waals surface area contributed by atoms with Crippen LogP contribution in [-0.4, -0.2) is 30.6 Å². The van der Waals surface area contributed by atoms with Crippen molar-refractivity contribution < 1.29 is 0 Å². The molecule has 2 nitrogen and oxygen atoms in total. The molecule has 1 atom stereocenters. The van der Waals surface area contributed by atoms with E-state index in [1.807, 2.05) is 0 Å². The SMILES string of the molecule is C[C@H]1CN(Cc2ccc(Br)c(Br)c2)CCN1.Cl. The number of hydrogen-bond acceptors (Lipinski definition) is 2. The summed E-state index contributed by atoms with van der Waals surface area (Å²) in [5, 5.41) is 3.46. The van der Waals surface area contributed by atoms with Crippen molar-refractivity contribution >= 4 is 44.3 Å². The molecule has 2 rings (SSSR count). The third-order valence-electron chi connectivity index (χ3n) is 2.84. The molecule has 1 aliphatic heterocycles. The largest absolute Gasteiger partial charge is 0.312 e. The number of halogens is 3. The highest BCUT2D eigenvalue weighted by molar-refractivity contribution is 9.13. The summed E-state index contributed by atoms with van der Waals surface area (Å²) in [6, 6.07) is 7.08. The fraction of sp³-hybridized carbons (Fsp3) is 0.500. The molecule has 0 aliphatic carbocycles. The van der Waals surface area contributed by atoms with Crippen molar-refractivity contribution in [1.29, 1.82) is 0 Å². The van der Waals surface area contributed by atoms with Crippen LogP contribution in [0.4, 0.5) is 0 Å². The lowest BCUT2D eigenvalue weighted by Gasteiger charge is -2.31. The van der Waals surface area contributed by atoms with E-state index in [1.54, 1.807) is 0 Å². The lowest BCUT2D eigenvalue weighted by Crippen LogP contribution is -2.48. The third kappa shape index (κ3) is 4.52. The maximum absolute atomic E-state index is 3.54. The van der Waals surface area contributed by atoms with E-state index in [1.165, 1.54) is 5.56 Å². The van der Waals surface area contributed by atoms with Crippen LogP contribution < -0.4 is 5.32 Å². The monoisotopic (exact) mass is 382 g/mol. The molecular formula is C12H17Br2ClN2. The Morgan fingerprint density at radius 2 is 2.12 bits per heavy atom. The Balaban J connectivity index is 0.00000144. The van der Waals surface area contributed by atoms with Gasteiger partial charge in [-0.15, -0.1) is 12.4 Å². The minimum Gasteiger partial charge on any atom is -0.312 e. The lowest BCUT2D eigenvalue weighted by molar-refractivity contribution is 0.199. The van der Waals surface area contributed by atoms with Gasteiger partial charge in [0, 0.05) is 41.2 Å². The zero-order valence-corrected chi connectivity index (χ0v) is 13.7. The predicted octanol–water partition coefficient (Wildman–Crippen LogP) is 3.43. The van der Waals surface area contributed by atoms with Crippen molar-refractivity contribution in [3.05, 3.63) is 32.7 Å². The number of rotatable bonds is 2. The molecule has 0 aromatic heterocycles. The molecule has 1 aromatic carbocycles. The third-order valence-corrected chi connectivity index (χ3v) is 4.72. The van der Waals surface area contributed by atoms with Gasteiger partial charge in [-0.3, -0.25) is 4.90 Å². The second kappa shape index (κ2) is 7.10. The first-order valence-corrected chi connectivity index (χ1v) is 7.13. The van der Waals surface area contributed by atoms with Crippen molar-refractivity contribution in [2.24, 2.45) is 0 Å². The molecule has 0 unspecified atom stereocenters. The van der Waals surface area contributed by atoms with E-state index >= 15 is 0 Å². The topological polar surface area (TPSA) is 15.3 Å². The quantitative estimate of drug-likeness (QED) is 0.840. The fourth-order valence-electron chi connectivity index (χ4n) is 2.05. The number of nitrogens with one attached hydrogen (secondary N) is 1. The summed E-state index contributed by atoms with van der Waals surface area (Å²) in [6.07, 6.45) is 0. The first-order chi connectivity index (χ1) is 7.65. The summed E-state index contributed by atoms with van der Waals surface area (Å²) >= 11 is 7.04.